The molecule has 0 saturated heterocycles. The van der Waals surface area contributed by atoms with Crippen molar-refractivity contribution in [2.24, 2.45) is 0 Å². The Labute approximate surface area is 322 Å². The molecule has 0 saturated carbocycles. The van der Waals surface area contributed by atoms with Crippen LogP contribution in [0.15, 0.2) is 188 Å². The Morgan fingerprint density at radius 1 is 0.286 bits per heavy atom. The third-order valence-electron chi connectivity index (χ3n) is 10.6. The zero-order valence-electron chi connectivity index (χ0n) is 30.1. The van der Waals surface area contributed by atoms with Gasteiger partial charge in [0.15, 0.2) is 17.5 Å². The predicted octanol–water partition coefficient (Wildman–Crippen LogP) is 12.8. The van der Waals surface area contributed by atoms with Crippen molar-refractivity contribution in [1.29, 1.82) is 0 Å². The van der Waals surface area contributed by atoms with E-state index >= 15 is 0 Å². The summed E-state index contributed by atoms with van der Waals surface area (Å²) in [6.45, 7) is 0. The molecule has 0 spiro atoms. The Morgan fingerprint density at radius 2 is 0.768 bits per heavy atom. The number of hydrogen-bond acceptors (Lipinski definition) is 5. The van der Waals surface area contributed by atoms with Crippen LogP contribution >= 0.6 is 0 Å². The van der Waals surface area contributed by atoms with Crippen molar-refractivity contribution in [1.82, 2.24) is 24.9 Å². The second kappa shape index (κ2) is 13.0. The molecule has 11 rings (SSSR count). The molecule has 0 amide bonds. The smallest absolute Gasteiger partial charge is 0.164 e. The van der Waals surface area contributed by atoms with E-state index in [4.69, 9.17) is 24.9 Å². The summed E-state index contributed by atoms with van der Waals surface area (Å²) in [5.41, 5.74) is 8.43. The largest absolute Gasteiger partial charge is 0.247 e. The maximum absolute atomic E-state index is 5.43. The molecule has 260 valence electrons. The second-order valence-electron chi connectivity index (χ2n) is 14.1. The van der Waals surface area contributed by atoms with Crippen molar-refractivity contribution in [2.75, 3.05) is 0 Å². The molecule has 3 aromatic heterocycles. The van der Waals surface area contributed by atoms with Crippen LogP contribution < -0.4 is 0 Å². The summed E-state index contributed by atoms with van der Waals surface area (Å²) in [6, 6.07) is 65.2. The fourth-order valence-corrected chi connectivity index (χ4v) is 7.81. The van der Waals surface area contributed by atoms with E-state index in [2.05, 4.69) is 176 Å². The summed E-state index contributed by atoms with van der Waals surface area (Å²) in [4.78, 5) is 26.1. The Bertz CT molecular complexity index is 3210. The van der Waals surface area contributed by atoms with E-state index in [9.17, 15) is 0 Å². The highest BCUT2D eigenvalue weighted by Gasteiger charge is 2.18. The van der Waals surface area contributed by atoms with Gasteiger partial charge in [-0.1, -0.05) is 164 Å². The van der Waals surface area contributed by atoms with Gasteiger partial charge in [0.1, 0.15) is 0 Å². The fourth-order valence-electron chi connectivity index (χ4n) is 7.81. The highest BCUT2D eigenvalue weighted by atomic mass is 15.0. The van der Waals surface area contributed by atoms with E-state index in [0.29, 0.717) is 17.5 Å². The summed E-state index contributed by atoms with van der Waals surface area (Å²) in [6.07, 6.45) is 0. The van der Waals surface area contributed by atoms with Crippen LogP contribution in [0.25, 0.3) is 111 Å². The highest BCUT2D eigenvalue weighted by Crippen LogP contribution is 2.39. The minimum absolute atomic E-state index is 0.587. The lowest BCUT2D eigenvalue weighted by atomic mass is 9.96. The summed E-state index contributed by atoms with van der Waals surface area (Å²) in [5.74, 6) is 1.82. The van der Waals surface area contributed by atoms with E-state index in [-0.39, 0.29) is 0 Å². The molecule has 5 nitrogen and oxygen atoms in total. The third kappa shape index (κ3) is 5.53. The Balaban J connectivity index is 1.13. The van der Waals surface area contributed by atoms with Gasteiger partial charge in [0.2, 0.25) is 0 Å². The number of aromatic nitrogens is 5. The number of benzene rings is 8. The first-order valence-electron chi connectivity index (χ1n) is 18.7. The van der Waals surface area contributed by atoms with Gasteiger partial charge in [0.05, 0.1) is 22.4 Å². The zero-order chi connectivity index (χ0) is 37.0. The predicted molar refractivity (Wildman–Crippen MR) is 230 cm³/mol. The van der Waals surface area contributed by atoms with E-state index < -0.39 is 0 Å². The quantitative estimate of drug-likeness (QED) is 0.166. The molecule has 0 fully saturated rings. The van der Waals surface area contributed by atoms with Gasteiger partial charge in [0, 0.05) is 44.0 Å². The van der Waals surface area contributed by atoms with Gasteiger partial charge in [-0.3, -0.25) is 0 Å². The molecule has 0 aliphatic heterocycles. The molecule has 0 N–H and O–H groups in total. The van der Waals surface area contributed by atoms with Gasteiger partial charge in [-0.25, -0.2) is 24.9 Å². The SMILES string of the molecule is c1ccc(-c2ccc3ccc4c5ccc(-c6nc(-c7ccc8ccccc8c7)nc(-c7ccc8ccccc8c7)n6)cc5nc(-c5ccccc5)c4c3n2)cc1. The van der Waals surface area contributed by atoms with Crippen LogP contribution in [0.2, 0.25) is 0 Å². The molecular formula is C51H31N5. The van der Waals surface area contributed by atoms with Gasteiger partial charge >= 0.3 is 0 Å². The van der Waals surface area contributed by atoms with Crippen LogP contribution in [0, 0.1) is 0 Å². The van der Waals surface area contributed by atoms with Crippen LogP contribution in [-0.4, -0.2) is 24.9 Å². The van der Waals surface area contributed by atoms with E-state index in [1.807, 2.05) is 12.1 Å². The first kappa shape index (κ1) is 31.9. The molecule has 0 radical (unpaired) electrons. The third-order valence-corrected chi connectivity index (χ3v) is 10.6. The number of fused-ring (bicyclic) bond motifs is 7. The van der Waals surface area contributed by atoms with Crippen LogP contribution in [-0.2, 0) is 0 Å². The lowest BCUT2D eigenvalue weighted by molar-refractivity contribution is 1.08. The minimum Gasteiger partial charge on any atom is -0.247 e. The lowest BCUT2D eigenvalue weighted by Crippen LogP contribution is -2.00. The van der Waals surface area contributed by atoms with Crippen LogP contribution in [0.3, 0.4) is 0 Å². The van der Waals surface area contributed by atoms with Crippen molar-refractivity contribution in [2.45, 2.75) is 0 Å². The second-order valence-corrected chi connectivity index (χ2v) is 14.1. The van der Waals surface area contributed by atoms with Crippen LogP contribution in [0.4, 0.5) is 0 Å². The average Bonchev–Trinajstić information content (AvgIpc) is 3.28. The monoisotopic (exact) mass is 713 g/mol. The Morgan fingerprint density at radius 3 is 1.39 bits per heavy atom. The first-order chi connectivity index (χ1) is 27.7. The fraction of sp³-hybridized carbons (Fsp3) is 0. The van der Waals surface area contributed by atoms with E-state index in [1.165, 1.54) is 10.8 Å². The molecule has 5 heteroatoms. The topological polar surface area (TPSA) is 64.5 Å². The molecular weight excluding hydrogens is 683 g/mol. The Hall–Kier alpha value is -7.63. The molecule has 0 aliphatic rings. The lowest BCUT2D eigenvalue weighted by Gasteiger charge is -2.14. The minimum atomic E-state index is 0.587. The first-order valence-corrected chi connectivity index (χ1v) is 18.7. The van der Waals surface area contributed by atoms with Crippen molar-refractivity contribution < 1.29 is 0 Å². The summed E-state index contributed by atoms with van der Waals surface area (Å²) in [7, 11) is 0. The van der Waals surface area contributed by atoms with Crippen LogP contribution in [0.5, 0.6) is 0 Å². The molecule has 0 bridgehead atoms. The highest BCUT2D eigenvalue weighted by molar-refractivity contribution is 6.20. The standard InChI is InChI=1S/C51H31N5/c1-3-13-34(14-4-1)44-28-25-36-23-27-43-42-26-24-41(31-45(42)53-47(46(43)48(36)52-44)35-15-5-2-6-16-35)51-55-49(39-21-19-32-11-7-9-17-37(32)29-39)54-50(56-51)40-22-20-33-12-8-10-18-38(33)30-40/h1-31H. The maximum atomic E-state index is 5.43. The van der Waals surface area contributed by atoms with Crippen molar-refractivity contribution in [3.63, 3.8) is 0 Å². The molecule has 56 heavy (non-hydrogen) atoms. The number of hydrogen-bond donors (Lipinski definition) is 0. The summed E-state index contributed by atoms with van der Waals surface area (Å²) in [5, 5.41) is 8.83. The van der Waals surface area contributed by atoms with Gasteiger partial charge in [-0.05, 0) is 51.2 Å². The van der Waals surface area contributed by atoms with Gasteiger partial charge in [-0.2, -0.15) is 0 Å². The van der Waals surface area contributed by atoms with Crippen molar-refractivity contribution in [3.05, 3.63) is 188 Å². The molecule has 8 aromatic carbocycles. The van der Waals surface area contributed by atoms with Crippen molar-refractivity contribution in [3.8, 4) is 56.7 Å². The van der Waals surface area contributed by atoms with Crippen molar-refractivity contribution >= 4 is 54.1 Å². The molecule has 11 aromatic rings. The summed E-state index contributed by atoms with van der Waals surface area (Å²) >= 11 is 0. The average molecular weight is 714 g/mol. The number of pyridine rings is 2. The normalized spacial score (nSPS) is 11.6. The van der Waals surface area contributed by atoms with Gasteiger partial charge in [0.25, 0.3) is 0 Å². The van der Waals surface area contributed by atoms with Gasteiger partial charge < -0.3 is 0 Å². The van der Waals surface area contributed by atoms with Gasteiger partial charge in [-0.15, -0.1) is 0 Å². The zero-order valence-corrected chi connectivity index (χ0v) is 30.1. The van der Waals surface area contributed by atoms with E-state index in [0.717, 1.165) is 82.6 Å². The summed E-state index contributed by atoms with van der Waals surface area (Å²) < 4.78 is 0. The molecule has 0 atom stereocenters. The van der Waals surface area contributed by atoms with E-state index in [1.54, 1.807) is 0 Å². The molecule has 0 aliphatic carbocycles. The number of rotatable bonds is 5. The molecule has 3 heterocycles. The Kier molecular flexibility index (Phi) is 7.42. The molecule has 0 unspecified atom stereocenters. The van der Waals surface area contributed by atoms with Crippen LogP contribution in [0.1, 0.15) is 0 Å². The maximum Gasteiger partial charge on any atom is 0.164 e. The number of nitrogens with zero attached hydrogens (tertiary/aromatic N) is 5.